The molecule has 5 N–H and O–H groups in total. The van der Waals surface area contributed by atoms with Gasteiger partial charge in [0.05, 0.1) is 11.3 Å². The van der Waals surface area contributed by atoms with Crippen LogP contribution in [0.1, 0.15) is 28.2 Å². The smallest absolute Gasteiger partial charge is 0.227 e. The summed E-state index contributed by atoms with van der Waals surface area (Å²) in [6, 6.07) is 19.0. The zero-order valence-electron chi connectivity index (χ0n) is 15.6. The molecule has 0 bridgehead atoms. The van der Waals surface area contributed by atoms with Gasteiger partial charge in [-0.15, -0.1) is 0 Å². The Balaban J connectivity index is 1.88. The second kappa shape index (κ2) is 6.65. The number of phenolic OH excluding ortho intramolecular Hbond substituents is 1. The minimum atomic E-state index is -0.494. The van der Waals surface area contributed by atoms with Crippen LogP contribution in [0.15, 0.2) is 59.1 Å². The van der Waals surface area contributed by atoms with Crippen molar-refractivity contribution in [3.63, 3.8) is 0 Å². The normalized spacial score (nSPS) is 14.5. The van der Waals surface area contributed by atoms with Crippen LogP contribution in [-0.4, -0.2) is 10.1 Å². The summed E-state index contributed by atoms with van der Waals surface area (Å²) in [5.74, 6) is 0.476. The number of nitrogens with zero attached hydrogens (tertiary/aromatic N) is 2. The number of benzene rings is 3. The predicted octanol–water partition coefficient (Wildman–Crippen LogP) is 5.02. The molecule has 2 heterocycles. The molecule has 0 saturated carbocycles. The number of rotatable bonds is 1. The number of anilines is 2. The quantitative estimate of drug-likeness (QED) is 0.324. The first-order chi connectivity index (χ1) is 14.5. The third kappa shape index (κ3) is 2.58. The topological polar surface area (TPSA) is 118 Å². The van der Waals surface area contributed by atoms with Gasteiger partial charge >= 0.3 is 0 Å². The van der Waals surface area contributed by atoms with Crippen molar-refractivity contribution < 1.29 is 9.84 Å². The molecule has 1 aliphatic rings. The molecule has 6 nitrogen and oxygen atoms in total. The van der Waals surface area contributed by atoms with Crippen LogP contribution in [0.5, 0.6) is 17.4 Å². The molecule has 1 aliphatic heterocycles. The average molecular weight is 459 g/mol. The van der Waals surface area contributed by atoms with E-state index in [1.165, 1.54) is 0 Å². The lowest BCUT2D eigenvalue weighted by Crippen LogP contribution is -2.17. The first-order valence-corrected chi connectivity index (χ1v) is 9.95. The standard InChI is InChI=1S/C23H15BrN4O2/c24-12-6-8-17-15(9-12)18(14-7-5-11-3-1-2-4-13(11)21(14)29)19-20(26)16(10-25)22(27)28-23(19)30-17/h1-9,18,29H,(H4,26,27,28). The van der Waals surface area contributed by atoms with E-state index in [2.05, 4.69) is 20.9 Å². The number of hydrogen-bond acceptors (Lipinski definition) is 6. The molecule has 5 rings (SSSR count). The highest BCUT2D eigenvalue weighted by molar-refractivity contribution is 9.10. The van der Waals surface area contributed by atoms with Gasteiger partial charge in [0.15, 0.2) is 0 Å². The Hall–Kier alpha value is -3.76. The highest BCUT2D eigenvalue weighted by Gasteiger charge is 2.35. The van der Waals surface area contributed by atoms with Crippen LogP contribution in [0.4, 0.5) is 11.5 Å². The van der Waals surface area contributed by atoms with Crippen molar-refractivity contribution in [1.29, 1.82) is 5.26 Å². The fourth-order valence-electron chi connectivity index (χ4n) is 4.01. The largest absolute Gasteiger partial charge is 0.507 e. The van der Waals surface area contributed by atoms with E-state index < -0.39 is 5.92 Å². The van der Waals surface area contributed by atoms with Gasteiger partial charge in [0.2, 0.25) is 5.88 Å². The number of nitrogens with two attached hydrogens (primary N) is 2. The fourth-order valence-corrected chi connectivity index (χ4v) is 4.39. The summed E-state index contributed by atoms with van der Waals surface area (Å²) in [6.07, 6.45) is 0. The number of ether oxygens (including phenoxy) is 1. The van der Waals surface area contributed by atoms with Crippen molar-refractivity contribution >= 4 is 38.2 Å². The van der Waals surface area contributed by atoms with Gasteiger partial charge < -0.3 is 21.3 Å². The Morgan fingerprint density at radius 3 is 2.67 bits per heavy atom. The fraction of sp³-hybridized carbons (Fsp3) is 0.0435. The van der Waals surface area contributed by atoms with Gasteiger partial charge in [0, 0.05) is 26.9 Å². The highest BCUT2D eigenvalue weighted by atomic mass is 79.9. The summed E-state index contributed by atoms with van der Waals surface area (Å²) in [7, 11) is 0. The third-order valence-corrected chi connectivity index (χ3v) is 5.89. The number of hydrogen-bond donors (Lipinski definition) is 3. The molecule has 0 aliphatic carbocycles. The van der Waals surface area contributed by atoms with E-state index in [0.717, 1.165) is 20.8 Å². The summed E-state index contributed by atoms with van der Waals surface area (Å²) >= 11 is 3.51. The van der Waals surface area contributed by atoms with E-state index in [4.69, 9.17) is 16.2 Å². The van der Waals surface area contributed by atoms with Crippen LogP contribution in [0.25, 0.3) is 10.8 Å². The number of aromatic hydroxyl groups is 1. The predicted molar refractivity (Wildman–Crippen MR) is 119 cm³/mol. The average Bonchev–Trinajstić information content (AvgIpc) is 2.74. The molecule has 0 spiro atoms. The van der Waals surface area contributed by atoms with E-state index >= 15 is 0 Å². The summed E-state index contributed by atoms with van der Waals surface area (Å²) in [6.45, 7) is 0. The first kappa shape index (κ1) is 18.3. The minimum Gasteiger partial charge on any atom is -0.507 e. The van der Waals surface area contributed by atoms with Gasteiger partial charge in [-0.3, -0.25) is 0 Å². The van der Waals surface area contributed by atoms with Crippen LogP contribution in [-0.2, 0) is 0 Å². The molecule has 0 radical (unpaired) electrons. The van der Waals surface area contributed by atoms with Gasteiger partial charge in [-0.1, -0.05) is 52.3 Å². The number of aromatic nitrogens is 1. The Kier molecular flexibility index (Phi) is 4.05. The molecular formula is C23H15BrN4O2. The van der Waals surface area contributed by atoms with Gasteiger partial charge in [-0.25, -0.2) is 0 Å². The van der Waals surface area contributed by atoms with E-state index in [0.29, 0.717) is 16.9 Å². The molecule has 3 aromatic carbocycles. The van der Waals surface area contributed by atoms with Crippen LogP contribution in [0.3, 0.4) is 0 Å². The molecule has 0 fully saturated rings. The molecule has 0 amide bonds. The Morgan fingerprint density at radius 1 is 1.07 bits per heavy atom. The number of pyridine rings is 1. The summed E-state index contributed by atoms with van der Waals surface area (Å²) in [4.78, 5) is 4.29. The van der Waals surface area contributed by atoms with Gasteiger partial charge in [0.1, 0.15) is 28.9 Å². The number of phenols is 1. The van der Waals surface area contributed by atoms with Crippen LogP contribution in [0, 0.1) is 11.3 Å². The van der Waals surface area contributed by atoms with E-state index in [9.17, 15) is 10.4 Å². The maximum atomic E-state index is 11.2. The zero-order valence-corrected chi connectivity index (χ0v) is 17.1. The van der Waals surface area contributed by atoms with Crippen molar-refractivity contribution in [2.45, 2.75) is 5.92 Å². The van der Waals surface area contributed by atoms with Crippen molar-refractivity contribution in [2.24, 2.45) is 0 Å². The summed E-state index contributed by atoms with van der Waals surface area (Å²) in [5, 5.41) is 22.4. The zero-order chi connectivity index (χ0) is 21.0. The Labute approximate surface area is 180 Å². The van der Waals surface area contributed by atoms with Crippen LogP contribution < -0.4 is 16.2 Å². The maximum Gasteiger partial charge on any atom is 0.227 e. The van der Waals surface area contributed by atoms with Gasteiger partial charge in [-0.2, -0.15) is 10.2 Å². The summed E-state index contributed by atoms with van der Waals surface area (Å²) < 4.78 is 6.84. The van der Waals surface area contributed by atoms with Gasteiger partial charge in [-0.05, 0) is 23.6 Å². The lowest BCUT2D eigenvalue weighted by molar-refractivity contribution is 0.430. The van der Waals surface area contributed by atoms with Crippen molar-refractivity contribution in [3.05, 3.63) is 81.3 Å². The van der Waals surface area contributed by atoms with Crippen LogP contribution in [0.2, 0.25) is 0 Å². The van der Waals surface area contributed by atoms with Crippen LogP contribution >= 0.6 is 15.9 Å². The number of nitrogen functional groups attached to an aromatic ring is 2. The molecule has 1 unspecified atom stereocenters. The molecule has 0 saturated heterocycles. The van der Waals surface area contributed by atoms with E-state index in [1.54, 1.807) is 0 Å². The second-order valence-corrected chi connectivity index (χ2v) is 7.97. The second-order valence-electron chi connectivity index (χ2n) is 7.06. The Bertz CT molecular complexity index is 1390. The van der Waals surface area contributed by atoms with Crippen molar-refractivity contribution in [3.8, 4) is 23.4 Å². The molecule has 146 valence electrons. The van der Waals surface area contributed by atoms with Crippen molar-refractivity contribution in [1.82, 2.24) is 4.98 Å². The molecule has 4 aromatic rings. The highest BCUT2D eigenvalue weighted by Crippen LogP contribution is 2.52. The molecule has 7 heteroatoms. The first-order valence-electron chi connectivity index (χ1n) is 9.16. The maximum absolute atomic E-state index is 11.2. The van der Waals surface area contributed by atoms with Crippen molar-refractivity contribution in [2.75, 3.05) is 11.5 Å². The van der Waals surface area contributed by atoms with E-state index in [-0.39, 0.29) is 28.7 Å². The molecule has 1 atom stereocenters. The third-order valence-electron chi connectivity index (χ3n) is 5.40. The number of nitriles is 1. The number of halogens is 1. The molecular weight excluding hydrogens is 444 g/mol. The number of fused-ring (bicyclic) bond motifs is 3. The lowest BCUT2D eigenvalue weighted by Gasteiger charge is -2.30. The lowest BCUT2D eigenvalue weighted by atomic mass is 9.81. The molecule has 1 aromatic heterocycles. The van der Waals surface area contributed by atoms with Gasteiger partial charge in [0.25, 0.3) is 0 Å². The van der Waals surface area contributed by atoms with E-state index in [1.807, 2.05) is 60.7 Å². The monoisotopic (exact) mass is 458 g/mol. The Morgan fingerprint density at radius 2 is 1.87 bits per heavy atom. The summed E-state index contributed by atoms with van der Waals surface area (Å²) in [5.41, 5.74) is 14.6. The minimum absolute atomic E-state index is 0.01000. The molecule has 30 heavy (non-hydrogen) atoms. The SMILES string of the molecule is N#Cc1c(N)nc2c(c1N)C(c1ccc3ccccc3c1O)c1cc(Br)ccc1O2.